The Morgan fingerprint density at radius 2 is 1.86 bits per heavy atom. The van der Waals surface area contributed by atoms with Crippen molar-refractivity contribution in [2.24, 2.45) is 0 Å². The molecule has 21 heavy (non-hydrogen) atoms. The Morgan fingerprint density at radius 1 is 1.10 bits per heavy atom. The summed E-state index contributed by atoms with van der Waals surface area (Å²) < 4.78 is 19.4. The van der Waals surface area contributed by atoms with Crippen LogP contribution in [0.5, 0.6) is 5.75 Å². The maximum absolute atomic E-state index is 14.0. The van der Waals surface area contributed by atoms with Gasteiger partial charge in [-0.05, 0) is 44.0 Å². The van der Waals surface area contributed by atoms with Crippen molar-refractivity contribution in [2.75, 3.05) is 6.61 Å². The second-order valence-electron chi connectivity index (χ2n) is 4.92. The van der Waals surface area contributed by atoms with E-state index in [1.165, 1.54) is 0 Å². The summed E-state index contributed by atoms with van der Waals surface area (Å²) in [5.41, 5.74) is 1.38. The third-order valence-electron chi connectivity index (χ3n) is 3.28. The standard InChI is InChI=1S/C17H21FN2O/c1-3-5-6-7-14-12-19-17(20-16(14)18)13-8-10-15(11-9-13)21-4-2/h8-12H,3-7H2,1-2H3. The first-order valence-corrected chi connectivity index (χ1v) is 7.49. The van der Waals surface area contributed by atoms with Gasteiger partial charge in [-0.2, -0.15) is 9.37 Å². The second-order valence-corrected chi connectivity index (χ2v) is 4.92. The van der Waals surface area contributed by atoms with Gasteiger partial charge in [0, 0.05) is 17.3 Å². The molecule has 0 saturated carbocycles. The molecule has 1 heterocycles. The first-order chi connectivity index (χ1) is 10.2. The van der Waals surface area contributed by atoms with Crippen LogP contribution in [0.4, 0.5) is 4.39 Å². The zero-order valence-electron chi connectivity index (χ0n) is 12.6. The van der Waals surface area contributed by atoms with Gasteiger partial charge in [0.25, 0.3) is 0 Å². The smallest absolute Gasteiger partial charge is 0.219 e. The molecule has 0 aliphatic carbocycles. The Bertz CT molecular complexity index is 570. The number of nitrogens with zero attached hydrogens (tertiary/aromatic N) is 2. The minimum absolute atomic E-state index is 0.412. The van der Waals surface area contributed by atoms with E-state index < -0.39 is 5.95 Å². The van der Waals surface area contributed by atoms with Crippen molar-refractivity contribution in [3.05, 3.63) is 42.0 Å². The molecular formula is C17H21FN2O. The van der Waals surface area contributed by atoms with Crippen LogP contribution in [0, 0.1) is 5.95 Å². The van der Waals surface area contributed by atoms with E-state index in [-0.39, 0.29) is 0 Å². The number of ether oxygens (including phenoxy) is 1. The van der Waals surface area contributed by atoms with Gasteiger partial charge in [0.15, 0.2) is 5.82 Å². The Morgan fingerprint density at radius 3 is 2.48 bits per heavy atom. The molecule has 0 spiro atoms. The molecule has 2 aromatic rings. The Labute approximate surface area is 125 Å². The van der Waals surface area contributed by atoms with Crippen LogP contribution in [0.15, 0.2) is 30.5 Å². The third kappa shape index (κ3) is 4.25. The Kier molecular flexibility index (Phi) is 5.67. The second kappa shape index (κ2) is 7.72. The number of hydrogen-bond acceptors (Lipinski definition) is 3. The molecule has 0 saturated heterocycles. The summed E-state index contributed by atoms with van der Waals surface area (Å²) in [6.07, 6.45) is 5.49. The van der Waals surface area contributed by atoms with E-state index in [9.17, 15) is 4.39 Å². The van der Waals surface area contributed by atoms with E-state index in [0.29, 0.717) is 24.4 Å². The van der Waals surface area contributed by atoms with E-state index in [0.717, 1.165) is 30.6 Å². The predicted octanol–water partition coefficient (Wildman–Crippen LogP) is 4.41. The molecule has 0 N–H and O–H groups in total. The van der Waals surface area contributed by atoms with Gasteiger partial charge < -0.3 is 4.74 Å². The molecule has 0 bridgehead atoms. The van der Waals surface area contributed by atoms with Gasteiger partial charge in [-0.25, -0.2) is 4.98 Å². The highest BCUT2D eigenvalue weighted by atomic mass is 19.1. The SMILES string of the molecule is CCCCCc1cnc(-c2ccc(OCC)cc2)nc1F. The lowest BCUT2D eigenvalue weighted by atomic mass is 10.1. The summed E-state index contributed by atoms with van der Waals surface area (Å²) in [6.45, 7) is 4.68. The topological polar surface area (TPSA) is 35.0 Å². The van der Waals surface area contributed by atoms with E-state index in [4.69, 9.17) is 4.74 Å². The van der Waals surface area contributed by atoms with E-state index in [2.05, 4.69) is 16.9 Å². The number of hydrogen-bond donors (Lipinski definition) is 0. The predicted molar refractivity (Wildman–Crippen MR) is 81.8 cm³/mol. The molecule has 3 nitrogen and oxygen atoms in total. The number of unbranched alkanes of at least 4 members (excludes halogenated alkanes) is 2. The summed E-state index contributed by atoms with van der Waals surface area (Å²) in [7, 11) is 0. The lowest BCUT2D eigenvalue weighted by Gasteiger charge is -2.06. The maximum Gasteiger partial charge on any atom is 0.219 e. The summed E-state index contributed by atoms with van der Waals surface area (Å²) in [5, 5.41) is 0. The van der Waals surface area contributed by atoms with Crippen molar-refractivity contribution in [1.29, 1.82) is 0 Å². The highest BCUT2D eigenvalue weighted by Crippen LogP contribution is 2.20. The van der Waals surface area contributed by atoms with Crippen LogP contribution in [-0.2, 0) is 6.42 Å². The Balaban J connectivity index is 2.11. The van der Waals surface area contributed by atoms with E-state index in [1.807, 2.05) is 31.2 Å². The molecule has 2 rings (SSSR count). The lowest BCUT2D eigenvalue weighted by Crippen LogP contribution is -1.99. The van der Waals surface area contributed by atoms with Crippen LogP contribution in [0.2, 0.25) is 0 Å². The van der Waals surface area contributed by atoms with Gasteiger partial charge in [-0.1, -0.05) is 19.8 Å². The first-order valence-electron chi connectivity index (χ1n) is 7.49. The van der Waals surface area contributed by atoms with Crippen molar-refractivity contribution in [3.63, 3.8) is 0 Å². The fraction of sp³-hybridized carbons (Fsp3) is 0.412. The van der Waals surface area contributed by atoms with Crippen molar-refractivity contribution in [3.8, 4) is 17.1 Å². The molecule has 1 aromatic heterocycles. The van der Waals surface area contributed by atoms with Crippen LogP contribution >= 0.6 is 0 Å². The highest BCUT2D eigenvalue weighted by molar-refractivity contribution is 5.56. The molecule has 1 aromatic carbocycles. The van der Waals surface area contributed by atoms with Crippen molar-refractivity contribution in [1.82, 2.24) is 9.97 Å². The van der Waals surface area contributed by atoms with Gasteiger partial charge in [0.2, 0.25) is 5.95 Å². The van der Waals surface area contributed by atoms with Gasteiger partial charge >= 0.3 is 0 Å². The largest absolute Gasteiger partial charge is 0.494 e. The van der Waals surface area contributed by atoms with E-state index in [1.54, 1.807) is 6.20 Å². The number of aromatic nitrogens is 2. The van der Waals surface area contributed by atoms with E-state index >= 15 is 0 Å². The zero-order valence-corrected chi connectivity index (χ0v) is 12.6. The van der Waals surface area contributed by atoms with Crippen molar-refractivity contribution in [2.45, 2.75) is 39.5 Å². The third-order valence-corrected chi connectivity index (χ3v) is 3.28. The van der Waals surface area contributed by atoms with Crippen molar-refractivity contribution < 1.29 is 9.13 Å². The zero-order chi connectivity index (χ0) is 15.1. The van der Waals surface area contributed by atoms with Crippen LogP contribution in [0.25, 0.3) is 11.4 Å². The summed E-state index contributed by atoms with van der Waals surface area (Å²) in [4.78, 5) is 8.25. The molecule has 0 atom stereocenters. The first kappa shape index (κ1) is 15.4. The molecule has 0 fully saturated rings. The fourth-order valence-corrected chi connectivity index (χ4v) is 2.13. The number of benzene rings is 1. The maximum atomic E-state index is 14.0. The van der Waals surface area contributed by atoms with Crippen LogP contribution in [-0.4, -0.2) is 16.6 Å². The molecule has 0 radical (unpaired) electrons. The number of rotatable bonds is 7. The molecular weight excluding hydrogens is 267 g/mol. The average molecular weight is 288 g/mol. The van der Waals surface area contributed by atoms with Crippen molar-refractivity contribution >= 4 is 0 Å². The number of aryl methyl sites for hydroxylation is 1. The lowest BCUT2D eigenvalue weighted by molar-refractivity contribution is 0.340. The van der Waals surface area contributed by atoms with Crippen LogP contribution < -0.4 is 4.74 Å². The summed E-state index contributed by atoms with van der Waals surface area (Å²) in [6, 6.07) is 7.37. The molecule has 112 valence electrons. The molecule has 0 aliphatic heterocycles. The quantitative estimate of drug-likeness (QED) is 0.559. The number of halogens is 1. The molecule has 4 heteroatoms. The van der Waals surface area contributed by atoms with Gasteiger partial charge in [-0.15, -0.1) is 0 Å². The molecule has 0 aliphatic rings. The van der Waals surface area contributed by atoms with Gasteiger partial charge in [0.1, 0.15) is 5.75 Å². The summed E-state index contributed by atoms with van der Waals surface area (Å²) in [5.74, 6) is 0.790. The average Bonchev–Trinajstić information content (AvgIpc) is 2.50. The monoisotopic (exact) mass is 288 g/mol. The Hall–Kier alpha value is -1.97. The summed E-state index contributed by atoms with van der Waals surface area (Å²) >= 11 is 0. The minimum atomic E-state index is -0.412. The normalized spacial score (nSPS) is 10.6. The van der Waals surface area contributed by atoms with Crippen LogP contribution in [0.3, 0.4) is 0 Å². The molecule has 0 amide bonds. The fourth-order valence-electron chi connectivity index (χ4n) is 2.13. The van der Waals surface area contributed by atoms with Gasteiger partial charge in [-0.3, -0.25) is 0 Å². The van der Waals surface area contributed by atoms with Crippen LogP contribution in [0.1, 0.15) is 38.7 Å². The molecule has 0 unspecified atom stereocenters. The minimum Gasteiger partial charge on any atom is -0.494 e. The highest BCUT2D eigenvalue weighted by Gasteiger charge is 2.08. The van der Waals surface area contributed by atoms with Gasteiger partial charge in [0.05, 0.1) is 6.61 Å².